The Balaban J connectivity index is 1.63. The number of hydrogen-bond donors (Lipinski definition) is 1. The quantitative estimate of drug-likeness (QED) is 0.787. The zero-order valence-corrected chi connectivity index (χ0v) is 18.2. The molecule has 1 saturated carbocycles. The van der Waals surface area contributed by atoms with Gasteiger partial charge in [0, 0.05) is 12.1 Å². The minimum Gasteiger partial charge on any atom is -0.486 e. The third-order valence-corrected chi connectivity index (χ3v) is 8.70. The van der Waals surface area contributed by atoms with E-state index < -0.39 is 20.5 Å². The number of hydrogen-bond acceptors (Lipinski definition) is 5. The van der Waals surface area contributed by atoms with E-state index in [0.717, 1.165) is 24.0 Å². The molecule has 2 aromatic rings. The van der Waals surface area contributed by atoms with Crippen LogP contribution in [-0.2, 0) is 21.2 Å². The van der Waals surface area contributed by atoms with E-state index in [1.165, 1.54) is 0 Å². The summed E-state index contributed by atoms with van der Waals surface area (Å²) in [6.45, 7) is 4.76. The average Bonchev–Trinajstić information content (AvgIpc) is 3.25. The van der Waals surface area contributed by atoms with E-state index in [-0.39, 0.29) is 11.4 Å². The second-order valence-corrected chi connectivity index (χ2v) is 10.3. The Morgan fingerprint density at radius 3 is 2.57 bits per heavy atom. The normalized spacial score (nSPS) is 17.5. The molecule has 0 aromatic heterocycles. The van der Waals surface area contributed by atoms with Crippen molar-refractivity contribution in [2.45, 2.75) is 55.7 Å². The van der Waals surface area contributed by atoms with E-state index in [1.807, 2.05) is 31.2 Å². The number of rotatable bonds is 5. The lowest BCUT2D eigenvalue weighted by Crippen LogP contribution is -2.50. The van der Waals surface area contributed by atoms with Crippen LogP contribution in [0.25, 0.3) is 0 Å². The van der Waals surface area contributed by atoms with Gasteiger partial charge in [0.05, 0.1) is 4.90 Å². The minimum absolute atomic E-state index is 0.190. The Labute approximate surface area is 177 Å². The van der Waals surface area contributed by atoms with Gasteiger partial charge in [0.25, 0.3) is 0 Å². The Morgan fingerprint density at radius 2 is 1.80 bits per heavy atom. The van der Waals surface area contributed by atoms with Crippen molar-refractivity contribution >= 4 is 15.7 Å². The van der Waals surface area contributed by atoms with Crippen molar-refractivity contribution in [3.8, 4) is 11.5 Å². The molecule has 160 valence electrons. The first kappa shape index (κ1) is 20.7. The zero-order valence-electron chi connectivity index (χ0n) is 17.4. The molecule has 1 heterocycles. The molecule has 0 saturated heterocycles. The smallest absolute Gasteiger partial charge is 0.242 e. The fourth-order valence-corrected chi connectivity index (χ4v) is 6.78. The number of carbonyl (C=O) groups is 1. The molecule has 1 fully saturated rings. The fraction of sp³-hybridized carbons (Fsp3) is 0.435. The summed E-state index contributed by atoms with van der Waals surface area (Å²) < 4.78 is 37.3. The highest BCUT2D eigenvalue weighted by molar-refractivity contribution is 7.93. The van der Waals surface area contributed by atoms with Crippen LogP contribution >= 0.6 is 0 Å². The lowest BCUT2D eigenvalue weighted by Gasteiger charge is -2.29. The Hall–Kier alpha value is -2.54. The highest BCUT2D eigenvalue weighted by atomic mass is 32.2. The van der Waals surface area contributed by atoms with Gasteiger partial charge in [0.15, 0.2) is 26.1 Å². The maximum atomic E-state index is 13.7. The monoisotopic (exact) mass is 429 g/mol. The molecule has 0 bridgehead atoms. The Morgan fingerprint density at radius 1 is 1.07 bits per heavy atom. The molecular weight excluding hydrogens is 402 g/mol. The van der Waals surface area contributed by atoms with Gasteiger partial charge in [-0.2, -0.15) is 0 Å². The molecule has 0 radical (unpaired) electrons. The number of para-hydroxylation sites is 1. The first-order valence-corrected chi connectivity index (χ1v) is 11.8. The van der Waals surface area contributed by atoms with E-state index in [4.69, 9.17) is 9.47 Å². The van der Waals surface area contributed by atoms with Crippen molar-refractivity contribution in [1.82, 2.24) is 5.32 Å². The average molecular weight is 430 g/mol. The molecule has 1 N–H and O–H groups in total. The van der Waals surface area contributed by atoms with E-state index in [2.05, 4.69) is 5.32 Å². The van der Waals surface area contributed by atoms with Crippen LogP contribution in [0.5, 0.6) is 11.5 Å². The summed E-state index contributed by atoms with van der Waals surface area (Å²) >= 11 is 0. The third kappa shape index (κ3) is 3.45. The van der Waals surface area contributed by atoms with Gasteiger partial charge in [-0.15, -0.1) is 0 Å². The fourth-order valence-electron chi connectivity index (χ4n) is 4.38. The molecule has 2 aromatic carbocycles. The number of amides is 1. The number of carbonyl (C=O) groups excluding carboxylic acids is 1. The van der Waals surface area contributed by atoms with Crippen molar-refractivity contribution < 1.29 is 22.7 Å². The number of fused-ring (bicyclic) bond motifs is 1. The number of nitrogens with one attached hydrogen (secondary N) is 1. The van der Waals surface area contributed by atoms with Crippen LogP contribution < -0.4 is 14.8 Å². The summed E-state index contributed by atoms with van der Waals surface area (Å²) in [7, 11) is -3.84. The predicted octanol–water partition coefficient (Wildman–Crippen LogP) is 3.48. The summed E-state index contributed by atoms with van der Waals surface area (Å²) in [6, 6.07) is 10.9. The lowest BCUT2D eigenvalue weighted by molar-refractivity contribution is -0.123. The summed E-state index contributed by atoms with van der Waals surface area (Å²) in [6.07, 6.45) is 2.10. The third-order valence-electron chi connectivity index (χ3n) is 6.06. The van der Waals surface area contributed by atoms with Crippen LogP contribution in [0.3, 0.4) is 0 Å². The highest BCUT2D eigenvalue weighted by Gasteiger charge is 2.53. The predicted molar refractivity (Wildman–Crippen MR) is 114 cm³/mol. The summed E-state index contributed by atoms with van der Waals surface area (Å²) in [5.74, 6) is 0.823. The molecule has 1 aliphatic heterocycles. The van der Waals surface area contributed by atoms with Gasteiger partial charge in [-0.05, 0) is 49.9 Å². The minimum atomic E-state index is -3.84. The van der Waals surface area contributed by atoms with Gasteiger partial charge in [0.2, 0.25) is 5.91 Å². The lowest BCUT2D eigenvalue weighted by atomic mass is 10.1. The molecule has 1 amide bonds. The Kier molecular flexibility index (Phi) is 5.49. The van der Waals surface area contributed by atoms with Crippen LogP contribution in [0.2, 0.25) is 0 Å². The second kappa shape index (κ2) is 7.95. The number of benzene rings is 2. The maximum absolute atomic E-state index is 13.7. The van der Waals surface area contributed by atoms with Crippen LogP contribution in [0.1, 0.15) is 42.4 Å². The van der Waals surface area contributed by atoms with E-state index in [0.29, 0.717) is 43.1 Å². The summed E-state index contributed by atoms with van der Waals surface area (Å²) in [5, 5.41) is 2.89. The summed E-state index contributed by atoms with van der Waals surface area (Å²) in [5.41, 5.74) is 2.31. The van der Waals surface area contributed by atoms with Crippen molar-refractivity contribution in [1.29, 1.82) is 0 Å². The molecule has 6 nitrogen and oxygen atoms in total. The standard InChI is InChI=1S/C23H27NO5S/c1-16-8-9-17(2)20(14-16)30(26,27)23(10-3-4-11-23)22(25)24-15-18-6-5-7-19-21(18)29-13-12-28-19/h5-9,14H,3-4,10-13,15H2,1-2H3,(H,24,25). The van der Waals surface area contributed by atoms with Crippen molar-refractivity contribution in [2.75, 3.05) is 13.2 Å². The van der Waals surface area contributed by atoms with Gasteiger partial charge in [-0.3, -0.25) is 4.79 Å². The van der Waals surface area contributed by atoms with E-state index in [9.17, 15) is 13.2 Å². The molecule has 0 spiro atoms. The van der Waals surface area contributed by atoms with Gasteiger partial charge >= 0.3 is 0 Å². The van der Waals surface area contributed by atoms with Gasteiger partial charge in [0.1, 0.15) is 13.2 Å². The Bertz CT molecular complexity index is 1070. The molecule has 0 atom stereocenters. The van der Waals surface area contributed by atoms with Crippen molar-refractivity contribution in [3.05, 3.63) is 53.1 Å². The van der Waals surface area contributed by atoms with Crippen LogP contribution in [0.4, 0.5) is 0 Å². The first-order chi connectivity index (χ1) is 14.3. The number of aryl methyl sites for hydroxylation is 2. The van der Waals surface area contributed by atoms with Crippen molar-refractivity contribution in [3.63, 3.8) is 0 Å². The molecule has 2 aliphatic rings. The van der Waals surface area contributed by atoms with Crippen molar-refractivity contribution in [2.24, 2.45) is 0 Å². The van der Waals surface area contributed by atoms with Crippen LogP contribution in [-0.4, -0.2) is 32.3 Å². The first-order valence-electron chi connectivity index (χ1n) is 10.3. The number of ether oxygens (including phenoxy) is 2. The molecule has 30 heavy (non-hydrogen) atoms. The van der Waals surface area contributed by atoms with E-state index in [1.54, 1.807) is 19.1 Å². The van der Waals surface area contributed by atoms with Gasteiger partial charge in [-0.25, -0.2) is 8.42 Å². The van der Waals surface area contributed by atoms with Gasteiger partial charge < -0.3 is 14.8 Å². The summed E-state index contributed by atoms with van der Waals surface area (Å²) in [4.78, 5) is 13.6. The van der Waals surface area contributed by atoms with Gasteiger partial charge in [-0.1, -0.05) is 37.1 Å². The second-order valence-electron chi connectivity index (χ2n) is 8.10. The maximum Gasteiger partial charge on any atom is 0.242 e. The van der Waals surface area contributed by atoms with Crippen LogP contribution in [0.15, 0.2) is 41.3 Å². The zero-order chi connectivity index (χ0) is 21.4. The highest BCUT2D eigenvalue weighted by Crippen LogP contribution is 2.42. The molecule has 1 aliphatic carbocycles. The van der Waals surface area contributed by atoms with Crippen LogP contribution in [0, 0.1) is 13.8 Å². The number of sulfone groups is 1. The SMILES string of the molecule is Cc1ccc(C)c(S(=O)(=O)C2(C(=O)NCc3cccc4c3OCCO4)CCCC2)c1. The molecule has 7 heteroatoms. The van der Waals surface area contributed by atoms with E-state index >= 15 is 0 Å². The molecule has 0 unspecified atom stereocenters. The molecule has 4 rings (SSSR count). The largest absolute Gasteiger partial charge is 0.486 e. The molecular formula is C23H27NO5S. The topological polar surface area (TPSA) is 81.7 Å².